The maximum Gasteiger partial charge on any atom is 0.276 e. The number of carbonyl (C=O) groups is 1. The fourth-order valence-corrected chi connectivity index (χ4v) is 5.11. The molecule has 8 heteroatoms. The number of sulfone groups is 1. The van der Waals surface area contributed by atoms with Gasteiger partial charge in [-0.2, -0.15) is 5.10 Å². The van der Waals surface area contributed by atoms with Crippen LogP contribution in [0.3, 0.4) is 0 Å². The normalized spacial score (nSPS) is 18.3. The van der Waals surface area contributed by atoms with Gasteiger partial charge in [0, 0.05) is 11.8 Å². The molecule has 0 radical (unpaired) electrons. The zero-order chi connectivity index (χ0) is 19.9. The molecule has 3 aromatic rings. The van der Waals surface area contributed by atoms with Crippen molar-refractivity contribution in [3.8, 4) is 11.5 Å². The van der Waals surface area contributed by atoms with Gasteiger partial charge in [-0.3, -0.25) is 9.48 Å². The molecule has 1 N–H and O–H groups in total. The Morgan fingerprint density at radius 3 is 2.75 bits per heavy atom. The largest absolute Gasteiger partial charge is 0.463 e. The number of hydrogen-bond acceptors (Lipinski definition) is 5. The van der Waals surface area contributed by atoms with Gasteiger partial charge >= 0.3 is 0 Å². The molecule has 1 saturated heterocycles. The smallest absolute Gasteiger partial charge is 0.276 e. The number of carbonyl (C=O) groups excluding carboxylic acids is 1. The van der Waals surface area contributed by atoms with E-state index in [0.29, 0.717) is 17.9 Å². The van der Waals surface area contributed by atoms with Crippen LogP contribution in [0.1, 0.15) is 34.1 Å². The van der Waals surface area contributed by atoms with Gasteiger partial charge in [-0.05, 0) is 49.6 Å². The molecular weight excluding hydrogens is 378 g/mol. The van der Waals surface area contributed by atoms with Crippen LogP contribution in [0.15, 0.2) is 47.1 Å². The molecule has 7 nitrogen and oxygen atoms in total. The van der Waals surface area contributed by atoms with Gasteiger partial charge in [0.2, 0.25) is 0 Å². The van der Waals surface area contributed by atoms with E-state index >= 15 is 0 Å². The SMILES string of the molecule is Cc1ccc(C)c(NC(=O)c2cc(-c3ccco3)n(C3CCS(=O)(=O)C3)n2)c1. The number of benzene rings is 1. The average Bonchev–Trinajstić information content (AvgIpc) is 3.36. The van der Waals surface area contributed by atoms with Crippen LogP contribution in [0.4, 0.5) is 5.69 Å². The minimum absolute atomic E-state index is 0.0143. The fourth-order valence-electron chi connectivity index (χ4n) is 3.42. The molecule has 1 fully saturated rings. The van der Waals surface area contributed by atoms with E-state index in [4.69, 9.17) is 4.42 Å². The number of nitrogens with zero attached hydrogens (tertiary/aromatic N) is 2. The van der Waals surface area contributed by atoms with E-state index < -0.39 is 9.84 Å². The van der Waals surface area contributed by atoms with Gasteiger partial charge in [0.1, 0.15) is 5.69 Å². The van der Waals surface area contributed by atoms with Gasteiger partial charge in [0.05, 0.1) is 23.8 Å². The van der Waals surface area contributed by atoms with E-state index in [1.54, 1.807) is 22.9 Å². The molecule has 1 unspecified atom stereocenters. The zero-order valence-electron chi connectivity index (χ0n) is 15.7. The Morgan fingerprint density at radius 1 is 1.25 bits per heavy atom. The third-order valence-electron chi connectivity index (χ3n) is 4.94. The van der Waals surface area contributed by atoms with Crippen molar-refractivity contribution in [2.24, 2.45) is 0 Å². The summed E-state index contributed by atoms with van der Waals surface area (Å²) in [6, 6.07) is 10.7. The van der Waals surface area contributed by atoms with Crippen molar-refractivity contribution in [1.82, 2.24) is 9.78 Å². The highest BCUT2D eigenvalue weighted by molar-refractivity contribution is 7.91. The highest BCUT2D eigenvalue weighted by Gasteiger charge is 2.32. The van der Waals surface area contributed by atoms with Crippen LogP contribution in [0.5, 0.6) is 0 Å². The molecule has 1 aliphatic heterocycles. The van der Waals surface area contributed by atoms with Gasteiger partial charge in [0.25, 0.3) is 5.91 Å². The molecule has 1 aliphatic rings. The summed E-state index contributed by atoms with van der Waals surface area (Å²) in [6.45, 7) is 3.88. The summed E-state index contributed by atoms with van der Waals surface area (Å²) in [5.74, 6) is 0.336. The lowest BCUT2D eigenvalue weighted by molar-refractivity contribution is 0.102. The fraction of sp³-hybridized carbons (Fsp3) is 0.300. The minimum atomic E-state index is -3.09. The Morgan fingerprint density at radius 2 is 2.07 bits per heavy atom. The lowest BCUT2D eigenvalue weighted by atomic mass is 10.1. The molecular formula is C20H21N3O4S. The van der Waals surface area contributed by atoms with Gasteiger partial charge in [-0.15, -0.1) is 0 Å². The molecule has 4 rings (SSSR count). The Bertz CT molecular complexity index is 1130. The van der Waals surface area contributed by atoms with Gasteiger partial charge in [-0.1, -0.05) is 12.1 Å². The van der Waals surface area contributed by atoms with Gasteiger partial charge in [-0.25, -0.2) is 8.42 Å². The quantitative estimate of drug-likeness (QED) is 0.726. The van der Waals surface area contributed by atoms with Crippen molar-refractivity contribution in [2.45, 2.75) is 26.3 Å². The summed E-state index contributed by atoms with van der Waals surface area (Å²) < 4.78 is 30.9. The molecule has 0 aliphatic carbocycles. The molecule has 2 aromatic heterocycles. The van der Waals surface area contributed by atoms with Crippen LogP contribution in [-0.2, 0) is 9.84 Å². The molecule has 1 atom stereocenters. The van der Waals surface area contributed by atoms with Crippen molar-refractivity contribution >= 4 is 21.4 Å². The standard InChI is InChI=1S/C20H21N3O4S/c1-13-5-6-14(2)16(10-13)21-20(24)17-11-18(19-4-3-8-27-19)23(22-17)15-7-9-28(25,26)12-15/h3-6,8,10-11,15H,7,9,12H2,1-2H3,(H,21,24). The number of hydrogen-bond donors (Lipinski definition) is 1. The van der Waals surface area contributed by atoms with Crippen LogP contribution in [0.2, 0.25) is 0 Å². The van der Waals surface area contributed by atoms with E-state index in [9.17, 15) is 13.2 Å². The summed E-state index contributed by atoms with van der Waals surface area (Å²) >= 11 is 0. The van der Waals surface area contributed by atoms with E-state index in [-0.39, 0.29) is 29.1 Å². The molecule has 0 saturated carbocycles. The second kappa shape index (κ2) is 6.94. The average molecular weight is 399 g/mol. The molecule has 3 heterocycles. The monoisotopic (exact) mass is 399 g/mol. The van der Waals surface area contributed by atoms with Crippen LogP contribution in [-0.4, -0.2) is 35.6 Å². The lowest BCUT2D eigenvalue weighted by Crippen LogP contribution is -2.17. The molecule has 0 bridgehead atoms. The van der Waals surface area contributed by atoms with Crippen LogP contribution in [0, 0.1) is 13.8 Å². The van der Waals surface area contributed by atoms with E-state index in [0.717, 1.165) is 16.8 Å². The van der Waals surface area contributed by atoms with Gasteiger partial charge < -0.3 is 9.73 Å². The molecule has 0 spiro atoms. The molecule has 146 valence electrons. The van der Waals surface area contributed by atoms with Crippen molar-refractivity contribution in [3.05, 3.63) is 59.5 Å². The Labute approximate surface area is 163 Å². The third-order valence-corrected chi connectivity index (χ3v) is 6.69. The summed E-state index contributed by atoms with van der Waals surface area (Å²) in [6.07, 6.45) is 2.00. The number of aryl methyl sites for hydroxylation is 2. The second-order valence-electron chi connectivity index (χ2n) is 7.17. The summed E-state index contributed by atoms with van der Waals surface area (Å²) in [5.41, 5.74) is 3.53. The van der Waals surface area contributed by atoms with Gasteiger partial charge in [0.15, 0.2) is 21.3 Å². The highest BCUT2D eigenvalue weighted by atomic mass is 32.2. The number of nitrogens with one attached hydrogen (secondary N) is 1. The van der Waals surface area contributed by atoms with Crippen molar-refractivity contribution in [3.63, 3.8) is 0 Å². The Balaban J connectivity index is 1.69. The topological polar surface area (TPSA) is 94.2 Å². The summed E-state index contributed by atoms with van der Waals surface area (Å²) in [5, 5.41) is 7.34. The first kappa shape index (κ1) is 18.5. The van der Waals surface area contributed by atoms with E-state index in [2.05, 4.69) is 10.4 Å². The first-order valence-electron chi connectivity index (χ1n) is 9.05. The van der Waals surface area contributed by atoms with Crippen LogP contribution < -0.4 is 5.32 Å². The summed E-state index contributed by atoms with van der Waals surface area (Å²) in [4.78, 5) is 12.8. The minimum Gasteiger partial charge on any atom is -0.463 e. The highest BCUT2D eigenvalue weighted by Crippen LogP contribution is 2.30. The van der Waals surface area contributed by atoms with Crippen molar-refractivity contribution in [2.75, 3.05) is 16.8 Å². The van der Waals surface area contributed by atoms with Crippen LogP contribution in [0.25, 0.3) is 11.5 Å². The molecule has 1 aromatic carbocycles. The second-order valence-corrected chi connectivity index (χ2v) is 9.39. The maximum absolute atomic E-state index is 12.8. The number of furan rings is 1. The first-order chi connectivity index (χ1) is 13.3. The Hall–Kier alpha value is -2.87. The predicted octanol–water partition coefficient (Wildman–Crippen LogP) is 3.37. The zero-order valence-corrected chi connectivity index (χ0v) is 16.5. The maximum atomic E-state index is 12.8. The van der Waals surface area contributed by atoms with Crippen LogP contribution >= 0.6 is 0 Å². The van der Waals surface area contributed by atoms with Crippen molar-refractivity contribution in [1.29, 1.82) is 0 Å². The summed E-state index contributed by atoms with van der Waals surface area (Å²) in [7, 11) is -3.09. The molecule has 1 amide bonds. The lowest BCUT2D eigenvalue weighted by Gasteiger charge is -2.11. The number of anilines is 1. The number of amides is 1. The third kappa shape index (κ3) is 3.60. The number of aromatic nitrogens is 2. The van der Waals surface area contributed by atoms with E-state index in [1.165, 1.54) is 6.26 Å². The first-order valence-corrected chi connectivity index (χ1v) is 10.9. The number of rotatable bonds is 4. The predicted molar refractivity (Wildman–Crippen MR) is 106 cm³/mol. The Kier molecular flexibility index (Phi) is 4.58. The molecule has 28 heavy (non-hydrogen) atoms. The van der Waals surface area contributed by atoms with Crippen molar-refractivity contribution < 1.29 is 17.6 Å². The van der Waals surface area contributed by atoms with E-state index in [1.807, 2.05) is 32.0 Å².